The van der Waals surface area contributed by atoms with Crippen LogP contribution in [0.15, 0.2) is 24.4 Å². The van der Waals surface area contributed by atoms with Crippen molar-refractivity contribution in [1.29, 1.82) is 0 Å². The van der Waals surface area contributed by atoms with Crippen molar-refractivity contribution in [3.8, 4) is 0 Å². The zero-order valence-electron chi connectivity index (χ0n) is 19.6. The Bertz CT molecular complexity index is 1100. The smallest absolute Gasteiger partial charge is 0.224 e. The normalized spacial score (nSPS) is 21.6. The summed E-state index contributed by atoms with van der Waals surface area (Å²) in [5, 5.41) is 6.41. The van der Waals surface area contributed by atoms with Crippen LogP contribution in [-0.4, -0.2) is 39.3 Å². The van der Waals surface area contributed by atoms with E-state index in [0.29, 0.717) is 35.0 Å². The Morgan fingerprint density at radius 3 is 2.44 bits per heavy atom. The van der Waals surface area contributed by atoms with Crippen molar-refractivity contribution in [2.75, 3.05) is 24.4 Å². The van der Waals surface area contributed by atoms with Gasteiger partial charge in [-0.15, -0.1) is 0 Å². The molecule has 2 saturated carbocycles. The molecule has 0 spiro atoms. The molecule has 0 atom stereocenters. The summed E-state index contributed by atoms with van der Waals surface area (Å²) in [6.07, 6.45) is 11.5. The number of hydrogen-bond donors (Lipinski definition) is 2. The maximum absolute atomic E-state index is 14.4. The van der Waals surface area contributed by atoms with Crippen LogP contribution < -0.4 is 10.6 Å². The largest absolute Gasteiger partial charge is 0.384 e. The van der Waals surface area contributed by atoms with Gasteiger partial charge in [0.15, 0.2) is 5.65 Å². The van der Waals surface area contributed by atoms with Crippen LogP contribution in [0.5, 0.6) is 0 Å². The molecule has 2 heterocycles. The van der Waals surface area contributed by atoms with Gasteiger partial charge in [0.05, 0.1) is 6.20 Å². The number of rotatable bonds is 7. The summed E-state index contributed by atoms with van der Waals surface area (Å²) < 4.78 is 36.2. The molecule has 9 heteroatoms. The standard InChI is InChI=1S/C25H32F2N6O/c1-34-15-16-10-12-18(13-11-16)33-23-21(14-28-24(32-23)29-17-6-3-2-4-7-17)30-25(33)31-22-19(26)8-5-9-20(22)27/h5,8-9,14,16-18H,2-4,6-7,10-13,15H2,1H3,(H,30,31)(H,28,29,32). The average Bonchev–Trinajstić information content (AvgIpc) is 3.20. The fourth-order valence-electron chi connectivity index (χ4n) is 5.36. The highest BCUT2D eigenvalue weighted by atomic mass is 19.1. The molecule has 0 amide bonds. The Hall–Kier alpha value is -2.81. The lowest BCUT2D eigenvalue weighted by Gasteiger charge is -2.30. The van der Waals surface area contributed by atoms with Gasteiger partial charge in [0, 0.05) is 25.8 Å². The van der Waals surface area contributed by atoms with Crippen molar-refractivity contribution in [1.82, 2.24) is 19.5 Å². The van der Waals surface area contributed by atoms with Crippen molar-refractivity contribution in [3.05, 3.63) is 36.0 Å². The molecule has 2 aliphatic rings. The number of fused-ring (bicyclic) bond motifs is 1. The van der Waals surface area contributed by atoms with Crippen LogP contribution >= 0.6 is 0 Å². The van der Waals surface area contributed by atoms with Crippen LogP contribution in [-0.2, 0) is 4.74 Å². The number of imidazole rings is 1. The van der Waals surface area contributed by atoms with E-state index in [1.807, 2.05) is 4.57 Å². The molecule has 3 aromatic rings. The summed E-state index contributed by atoms with van der Waals surface area (Å²) >= 11 is 0. The summed E-state index contributed by atoms with van der Waals surface area (Å²) in [6, 6.07) is 4.32. The minimum atomic E-state index is -0.659. The molecule has 1 aromatic carbocycles. The second-order valence-electron chi connectivity index (χ2n) is 9.54. The van der Waals surface area contributed by atoms with E-state index in [9.17, 15) is 8.78 Å². The Labute approximate surface area is 198 Å². The first-order valence-electron chi connectivity index (χ1n) is 12.3. The third kappa shape index (κ3) is 4.85. The molecular weight excluding hydrogens is 438 g/mol. The summed E-state index contributed by atoms with van der Waals surface area (Å²) in [4.78, 5) is 14.0. The molecule has 5 rings (SSSR count). The molecule has 0 unspecified atom stereocenters. The Kier molecular flexibility index (Phi) is 6.89. The summed E-state index contributed by atoms with van der Waals surface area (Å²) in [6.45, 7) is 0.751. The number of anilines is 3. The third-order valence-electron chi connectivity index (χ3n) is 7.15. The SMILES string of the molecule is COCC1CCC(n2c(Nc3c(F)cccc3F)nc3cnc(NC4CCCCC4)nc32)CC1. The Balaban J connectivity index is 1.50. The number of ether oxygens (including phenoxy) is 1. The number of hydrogen-bond acceptors (Lipinski definition) is 6. The predicted molar refractivity (Wildman–Crippen MR) is 128 cm³/mol. The van der Waals surface area contributed by atoms with Gasteiger partial charge >= 0.3 is 0 Å². The van der Waals surface area contributed by atoms with Crippen molar-refractivity contribution in [3.63, 3.8) is 0 Å². The highest BCUT2D eigenvalue weighted by molar-refractivity contribution is 5.76. The quantitative estimate of drug-likeness (QED) is 0.443. The van der Waals surface area contributed by atoms with E-state index in [2.05, 4.69) is 20.6 Å². The Morgan fingerprint density at radius 2 is 1.74 bits per heavy atom. The number of halogens is 2. The lowest BCUT2D eigenvalue weighted by Crippen LogP contribution is -2.24. The molecule has 2 aromatic heterocycles. The first kappa shape index (κ1) is 23.0. The summed E-state index contributed by atoms with van der Waals surface area (Å²) in [5.41, 5.74) is 1.08. The van der Waals surface area contributed by atoms with Crippen molar-refractivity contribution < 1.29 is 13.5 Å². The van der Waals surface area contributed by atoms with E-state index < -0.39 is 11.6 Å². The minimum absolute atomic E-state index is 0.118. The van der Waals surface area contributed by atoms with Crippen LogP contribution in [0.1, 0.15) is 63.8 Å². The first-order valence-corrected chi connectivity index (χ1v) is 12.3. The fraction of sp³-hybridized carbons (Fsp3) is 0.560. The van der Waals surface area contributed by atoms with E-state index in [4.69, 9.17) is 9.72 Å². The molecule has 0 aliphatic heterocycles. The molecule has 2 aliphatic carbocycles. The van der Waals surface area contributed by atoms with Crippen LogP contribution in [0.2, 0.25) is 0 Å². The molecular formula is C25H32F2N6O. The van der Waals surface area contributed by atoms with Gasteiger partial charge in [-0.05, 0) is 56.6 Å². The number of nitrogens with zero attached hydrogens (tertiary/aromatic N) is 4. The second-order valence-corrected chi connectivity index (χ2v) is 9.54. The number of para-hydroxylation sites is 1. The summed E-state index contributed by atoms with van der Waals surface area (Å²) in [7, 11) is 1.73. The van der Waals surface area contributed by atoms with E-state index in [1.54, 1.807) is 13.3 Å². The van der Waals surface area contributed by atoms with Crippen molar-refractivity contribution >= 4 is 28.7 Å². The van der Waals surface area contributed by atoms with Crippen LogP contribution in [0, 0.1) is 17.6 Å². The minimum Gasteiger partial charge on any atom is -0.384 e. The highest BCUT2D eigenvalue weighted by Gasteiger charge is 2.28. The molecule has 0 bridgehead atoms. The van der Waals surface area contributed by atoms with Gasteiger partial charge < -0.3 is 15.4 Å². The number of aromatic nitrogens is 4. The molecule has 7 nitrogen and oxygen atoms in total. The highest BCUT2D eigenvalue weighted by Crippen LogP contribution is 2.37. The van der Waals surface area contributed by atoms with E-state index in [-0.39, 0.29) is 11.7 Å². The molecule has 0 saturated heterocycles. The van der Waals surface area contributed by atoms with E-state index in [1.165, 1.54) is 37.5 Å². The van der Waals surface area contributed by atoms with Crippen LogP contribution in [0.3, 0.4) is 0 Å². The van der Waals surface area contributed by atoms with Gasteiger partial charge in [0.2, 0.25) is 11.9 Å². The first-order chi connectivity index (χ1) is 16.6. The number of nitrogens with one attached hydrogen (secondary N) is 2. The van der Waals surface area contributed by atoms with Gasteiger partial charge in [-0.3, -0.25) is 4.57 Å². The monoisotopic (exact) mass is 470 g/mol. The topological polar surface area (TPSA) is 76.9 Å². The fourth-order valence-corrected chi connectivity index (χ4v) is 5.36. The van der Waals surface area contributed by atoms with Gasteiger partial charge in [-0.2, -0.15) is 4.98 Å². The summed E-state index contributed by atoms with van der Waals surface area (Å²) in [5.74, 6) is 0.173. The predicted octanol–water partition coefficient (Wildman–Crippen LogP) is 5.97. The maximum atomic E-state index is 14.4. The lowest BCUT2D eigenvalue weighted by molar-refractivity contribution is 0.121. The van der Waals surface area contributed by atoms with Gasteiger partial charge in [-0.25, -0.2) is 18.7 Å². The molecule has 2 fully saturated rings. The number of methoxy groups -OCH3 is 1. The number of benzene rings is 1. The molecule has 2 N–H and O–H groups in total. The Morgan fingerprint density at radius 1 is 1.00 bits per heavy atom. The van der Waals surface area contributed by atoms with Gasteiger partial charge in [-0.1, -0.05) is 25.3 Å². The molecule has 182 valence electrons. The van der Waals surface area contributed by atoms with Gasteiger partial charge in [0.1, 0.15) is 22.8 Å². The van der Waals surface area contributed by atoms with E-state index >= 15 is 0 Å². The van der Waals surface area contributed by atoms with Crippen LogP contribution in [0.4, 0.5) is 26.4 Å². The molecule has 34 heavy (non-hydrogen) atoms. The van der Waals surface area contributed by atoms with Crippen LogP contribution in [0.25, 0.3) is 11.2 Å². The van der Waals surface area contributed by atoms with Crippen molar-refractivity contribution in [2.45, 2.75) is 69.9 Å². The second kappa shape index (κ2) is 10.2. The average molecular weight is 471 g/mol. The zero-order chi connectivity index (χ0) is 23.5. The van der Waals surface area contributed by atoms with Crippen molar-refractivity contribution in [2.24, 2.45) is 5.92 Å². The zero-order valence-corrected chi connectivity index (χ0v) is 19.6. The van der Waals surface area contributed by atoms with Gasteiger partial charge in [0.25, 0.3) is 0 Å². The molecule has 0 radical (unpaired) electrons. The maximum Gasteiger partial charge on any atom is 0.224 e. The third-order valence-corrected chi connectivity index (χ3v) is 7.15. The van der Waals surface area contributed by atoms with E-state index in [0.717, 1.165) is 45.1 Å². The lowest BCUT2D eigenvalue weighted by atomic mass is 9.86.